The molecule has 0 amide bonds. The van der Waals surface area contributed by atoms with Crippen LogP contribution in [0.3, 0.4) is 0 Å². The number of benzene rings is 4. The van der Waals surface area contributed by atoms with Crippen molar-refractivity contribution >= 4 is 49.2 Å². The second-order valence-corrected chi connectivity index (χ2v) is 10.5. The van der Waals surface area contributed by atoms with Gasteiger partial charge in [0.15, 0.2) is 0 Å². The highest BCUT2D eigenvalue weighted by atomic mass is 14.9. The van der Waals surface area contributed by atoms with Crippen LogP contribution < -0.4 is 5.32 Å². The van der Waals surface area contributed by atoms with Gasteiger partial charge in [-0.05, 0) is 71.3 Å². The summed E-state index contributed by atoms with van der Waals surface area (Å²) >= 11 is 0. The van der Waals surface area contributed by atoms with Gasteiger partial charge in [0.2, 0.25) is 0 Å². The second-order valence-electron chi connectivity index (χ2n) is 10.5. The van der Waals surface area contributed by atoms with Gasteiger partial charge in [0.25, 0.3) is 0 Å². The Kier molecular flexibility index (Phi) is 6.07. The summed E-state index contributed by atoms with van der Waals surface area (Å²) in [7, 11) is 0. The first kappa shape index (κ1) is 24.1. The Labute approximate surface area is 223 Å². The van der Waals surface area contributed by atoms with Crippen molar-refractivity contribution < 1.29 is 0 Å². The van der Waals surface area contributed by atoms with E-state index in [0.29, 0.717) is 12.0 Å². The number of rotatable bonds is 6. The zero-order chi connectivity index (χ0) is 26.4. The van der Waals surface area contributed by atoms with Crippen LogP contribution in [-0.2, 0) is 0 Å². The van der Waals surface area contributed by atoms with E-state index in [9.17, 15) is 0 Å². The third-order valence-electron chi connectivity index (χ3n) is 7.57. The largest absolute Gasteiger partial charge is 0.382 e. The first-order valence-electron chi connectivity index (χ1n) is 13.5. The Balaban J connectivity index is 1.46. The number of nitrogens with zero attached hydrogens (tertiary/aromatic N) is 3. The maximum atomic E-state index is 4.96. The van der Waals surface area contributed by atoms with Crippen molar-refractivity contribution in [2.45, 2.75) is 53.0 Å². The number of hydrogen-bond donors (Lipinski definition) is 2. The van der Waals surface area contributed by atoms with Crippen LogP contribution in [0.2, 0.25) is 0 Å². The van der Waals surface area contributed by atoms with Gasteiger partial charge in [0.1, 0.15) is 12.2 Å². The van der Waals surface area contributed by atoms with Gasteiger partial charge in [0, 0.05) is 34.6 Å². The van der Waals surface area contributed by atoms with E-state index < -0.39 is 0 Å². The van der Waals surface area contributed by atoms with E-state index >= 15 is 0 Å². The van der Waals surface area contributed by atoms with Crippen molar-refractivity contribution in [3.63, 3.8) is 0 Å². The van der Waals surface area contributed by atoms with Crippen molar-refractivity contribution in [3.8, 4) is 11.1 Å². The quantitative estimate of drug-likeness (QED) is 0.226. The molecule has 0 radical (unpaired) electrons. The molecular weight excluding hydrogens is 466 g/mol. The molecule has 1 atom stereocenters. The van der Waals surface area contributed by atoms with Crippen molar-refractivity contribution in [3.05, 3.63) is 84.6 Å². The average Bonchev–Trinajstić information content (AvgIpc) is 3.41. The van der Waals surface area contributed by atoms with E-state index in [4.69, 9.17) is 4.98 Å². The molecule has 0 aliphatic rings. The summed E-state index contributed by atoms with van der Waals surface area (Å²) in [5.74, 6) is 1.28. The molecule has 0 aliphatic carbocycles. The fourth-order valence-electron chi connectivity index (χ4n) is 5.20. The molecule has 0 spiro atoms. The van der Waals surface area contributed by atoms with Crippen molar-refractivity contribution in [2.24, 2.45) is 0 Å². The molecule has 1 unspecified atom stereocenters. The van der Waals surface area contributed by atoms with Crippen LogP contribution in [0.5, 0.6) is 0 Å². The molecule has 5 nitrogen and oxygen atoms in total. The van der Waals surface area contributed by atoms with Gasteiger partial charge in [-0.1, -0.05) is 63.2 Å². The van der Waals surface area contributed by atoms with Gasteiger partial charge in [0.05, 0.1) is 16.6 Å². The molecule has 190 valence electrons. The molecule has 2 heterocycles. The molecular formula is C33H33N5. The third kappa shape index (κ3) is 4.08. The number of aromatic amines is 1. The number of allylic oxidation sites excluding steroid dienone is 1. The Bertz CT molecular complexity index is 1840. The second kappa shape index (κ2) is 9.56. The van der Waals surface area contributed by atoms with Gasteiger partial charge in [-0.15, -0.1) is 0 Å². The van der Waals surface area contributed by atoms with Gasteiger partial charge in [-0.3, -0.25) is 0 Å². The van der Waals surface area contributed by atoms with Crippen LogP contribution in [0.15, 0.2) is 73.2 Å². The fourth-order valence-corrected chi connectivity index (χ4v) is 5.20. The van der Waals surface area contributed by atoms with Gasteiger partial charge < -0.3 is 10.3 Å². The number of H-pyrrole nitrogens is 1. The Morgan fingerprint density at radius 2 is 1.66 bits per heavy atom. The minimum absolute atomic E-state index is 0.307. The van der Waals surface area contributed by atoms with Crippen LogP contribution in [0.25, 0.3) is 60.3 Å². The van der Waals surface area contributed by atoms with E-state index in [2.05, 4.69) is 116 Å². The highest BCUT2D eigenvalue weighted by Crippen LogP contribution is 2.36. The highest BCUT2D eigenvalue weighted by Gasteiger charge is 2.16. The summed E-state index contributed by atoms with van der Waals surface area (Å²) in [4.78, 5) is 17.5. The van der Waals surface area contributed by atoms with E-state index in [1.165, 1.54) is 33.2 Å². The lowest BCUT2D eigenvalue weighted by Crippen LogP contribution is -2.23. The summed E-state index contributed by atoms with van der Waals surface area (Å²) in [6.07, 6.45) is 6.78. The predicted octanol–water partition coefficient (Wildman–Crippen LogP) is 8.35. The smallest absolute Gasteiger partial charge is 0.116 e. The predicted molar refractivity (Wildman–Crippen MR) is 160 cm³/mol. The molecule has 6 rings (SSSR count). The van der Waals surface area contributed by atoms with Crippen LogP contribution in [0.1, 0.15) is 58.3 Å². The fraction of sp³-hybridized carbons (Fsp3) is 0.242. The van der Waals surface area contributed by atoms with Crippen LogP contribution in [-0.4, -0.2) is 26.0 Å². The lowest BCUT2D eigenvalue weighted by molar-refractivity contribution is 0.630. The van der Waals surface area contributed by atoms with Crippen LogP contribution >= 0.6 is 0 Å². The zero-order valence-corrected chi connectivity index (χ0v) is 22.6. The van der Waals surface area contributed by atoms with Gasteiger partial charge in [-0.2, -0.15) is 0 Å². The average molecular weight is 500 g/mol. The minimum Gasteiger partial charge on any atom is -0.382 e. The van der Waals surface area contributed by atoms with Crippen LogP contribution in [0, 0.1) is 0 Å². The number of imidazole rings is 1. The SMILES string of the molecule is C/C=C(\NC(C)CC)c1ccc2cc(-c3ccc4c(c3)c3cncnc3c3[nH]c(C(C)C)nc43)ccc2c1. The normalized spacial score (nSPS) is 13.3. The number of aromatic nitrogens is 4. The monoisotopic (exact) mass is 499 g/mol. The summed E-state index contributed by atoms with van der Waals surface area (Å²) in [5, 5.41) is 9.36. The summed E-state index contributed by atoms with van der Waals surface area (Å²) in [6.45, 7) is 10.8. The minimum atomic E-state index is 0.307. The van der Waals surface area contributed by atoms with Crippen molar-refractivity contribution in [1.29, 1.82) is 0 Å². The third-order valence-corrected chi connectivity index (χ3v) is 7.57. The molecule has 6 aromatic rings. The molecule has 0 saturated carbocycles. The van der Waals surface area contributed by atoms with E-state index in [1.54, 1.807) is 6.33 Å². The Hall–Kier alpha value is -4.25. The highest BCUT2D eigenvalue weighted by molar-refractivity contribution is 6.22. The number of nitrogens with one attached hydrogen (secondary N) is 2. The molecule has 0 saturated heterocycles. The van der Waals surface area contributed by atoms with E-state index in [-0.39, 0.29) is 0 Å². The summed E-state index contributed by atoms with van der Waals surface area (Å²) in [5.41, 5.74) is 7.62. The number of hydrogen-bond acceptors (Lipinski definition) is 4. The first-order chi connectivity index (χ1) is 18.5. The Morgan fingerprint density at radius 1 is 0.895 bits per heavy atom. The standard InChI is InChI=1S/C33H33N5/c1-6-20(5)36-29(7-2)25-11-10-21-14-22(8-9-23(21)15-25)24-12-13-26-27(16-24)28-17-34-18-35-30(28)32-31(26)37-33(38-32)19(3)4/h7-20,36H,6H2,1-5H3,(H,37,38)/b29-7-. The molecule has 0 fully saturated rings. The van der Waals surface area contributed by atoms with Crippen molar-refractivity contribution in [1.82, 2.24) is 25.3 Å². The lowest BCUT2D eigenvalue weighted by atomic mass is 9.96. The topological polar surface area (TPSA) is 66.5 Å². The van der Waals surface area contributed by atoms with Crippen molar-refractivity contribution in [2.75, 3.05) is 0 Å². The molecule has 0 bridgehead atoms. The van der Waals surface area contributed by atoms with Gasteiger partial charge >= 0.3 is 0 Å². The number of fused-ring (bicyclic) bond motifs is 7. The maximum Gasteiger partial charge on any atom is 0.116 e. The summed E-state index contributed by atoms with van der Waals surface area (Å²) < 4.78 is 0. The lowest BCUT2D eigenvalue weighted by Gasteiger charge is -2.17. The molecule has 4 aromatic carbocycles. The maximum absolute atomic E-state index is 4.96. The van der Waals surface area contributed by atoms with Crippen LogP contribution in [0.4, 0.5) is 0 Å². The zero-order valence-electron chi connectivity index (χ0n) is 22.6. The molecule has 2 aromatic heterocycles. The van der Waals surface area contributed by atoms with E-state index in [0.717, 1.165) is 45.0 Å². The molecule has 38 heavy (non-hydrogen) atoms. The summed E-state index contributed by atoms with van der Waals surface area (Å²) in [6, 6.07) is 20.5. The molecule has 0 aliphatic heterocycles. The molecule has 2 N–H and O–H groups in total. The van der Waals surface area contributed by atoms with E-state index in [1.807, 2.05) is 6.20 Å². The Morgan fingerprint density at radius 3 is 2.45 bits per heavy atom. The molecule has 5 heteroatoms. The first-order valence-corrected chi connectivity index (χ1v) is 13.5. The van der Waals surface area contributed by atoms with Gasteiger partial charge in [-0.25, -0.2) is 15.0 Å².